The molecule has 6 nitrogen and oxygen atoms in total. The fourth-order valence-corrected chi connectivity index (χ4v) is 7.56. The molecule has 7 N–H and O–H groups in total. The van der Waals surface area contributed by atoms with Crippen molar-refractivity contribution >= 4 is 5.96 Å². The smallest absolute Gasteiger partial charge is 0.208 e. The number of guanidine groups is 1. The van der Waals surface area contributed by atoms with Gasteiger partial charge in [0.1, 0.15) is 0 Å². The summed E-state index contributed by atoms with van der Waals surface area (Å²) in [6.07, 6.45) is 8.96. The lowest BCUT2D eigenvalue weighted by atomic mass is 9.43. The second-order valence-corrected chi connectivity index (χ2v) is 10.1. The van der Waals surface area contributed by atoms with E-state index >= 15 is 0 Å². The topological polar surface area (TPSA) is 117 Å². The van der Waals surface area contributed by atoms with Crippen LogP contribution in [0.2, 0.25) is 0 Å². The molecule has 0 amide bonds. The zero-order chi connectivity index (χ0) is 18.7. The molecule has 0 aromatic rings. The fraction of sp³-hybridized carbons (Fsp3) is 0.950. The zero-order valence-electron chi connectivity index (χ0n) is 16.2. The van der Waals surface area contributed by atoms with Crippen molar-refractivity contribution in [2.24, 2.45) is 45.2 Å². The monoisotopic (exact) mass is 364 g/mol. The Hall–Kier alpha value is -1.01. The van der Waals surface area contributed by atoms with Crippen LogP contribution in [0.4, 0.5) is 0 Å². The first-order valence-corrected chi connectivity index (χ1v) is 10.5. The summed E-state index contributed by atoms with van der Waals surface area (Å²) in [6, 6.07) is 0.120. The van der Waals surface area contributed by atoms with Crippen molar-refractivity contribution in [3.63, 3.8) is 0 Å². The molecule has 148 valence electrons. The molecule has 4 aliphatic carbocycles. The van der Waals surface area contributed by atoms with E-state index in [1.165, 1.54) is 0 Å². The number of hydrazone groups is 1. The van der Waals surface area contributed by atoms with Crippen LogP contribution in [-0.4, -0.2) is 33.9 Å². The predicted molar refractivity (Wildman–Crippen MR) is 102 cm³/mol. The largest absolute Gasteiger partial charge is 0.393 e. The average molecular weight is 365 g/mol. The normalized spacial score (nSPS) is 53.2. The van der Waals surface area contributed by atoms with E-state index in [-0.39, 0.29) is 28.9 Å². The molecule has 0 aromatic carbocycles. The van der Waals surface area contributed by atoms with Gasteiger partial charge in [0.2, 0.25) is 5.96 Å². The third kappa shape index (κ3) is 2.40. The highest BCUT2D eigenvalue weighted by Gasteiger charge is 2.67. The van der Waals surface area contributed by atoms with Gasteiger partial charge in [0.05, 0.1) is 17.7 Å². The molecule has 0 aliphatic heterocycles. The Morgan fingerprint density at radius 3 is 2.50 bits per heavy atom. The van der Waals surface area contributed by atoms with E-state index < -0.39 is 5.60 Å². The Bertz CT molecular complexity index is 594. The molecular formula is C20H36N4O2. The standard InChI is InChI=1S/C20H36N4O2/c1-18-8-5-13(25)11-12(18)3-4-15-14(18)6-9-19(2)16(23-24-17(21)22)7-10-20(15,19)26/h12-16,23,25-26H,3-11H2,1-2H3,(H4,21,22,24)/t12-,13+,14+,15-,16+,18+,19-,20+/m1/s1. The van der Waals surface area contributed by atoms with Gasteiger partial charge < -0.3 is 27.1 Å². The molecule has 0 bridgehead atoms. The average Bonchev–Trinajstić information content (AvgIpc) is 2.85. The quantitative estimate of drug-likeness (QED) is 0.290. The van der Waals surface area contributed by atoms with Crippen molar-refractivity contribution in [1.29, 1.82) is 0 Å². The van der Waals surface area contributed by atoms with Crippen LogP contribution in [0.1, 0.15) is 71.6 Å². The molecule has 4 fully saturated rings. The first-order valence-electron chi connectivity index (χ1n) is 10.5. The zero-order valence-corrected chi connectivity index (χ0v) is 16.2. The molecule has 4 rings (SSSR count). The maximum Gasteiger partial charge on any atom is 0.208 e. The lowest BCUT2D eigenvalue weighted by molar-refractivity contribution is -0.206. The Morgan fingerprint density at radius 2 is 1.77 bits per heavy atom. The number of hydrogen-bond acceptors (Lipinski definition) is 4. The predicted octanol–water partition coefficient (Wildman–Crippen LogP) is 1.65. The molecule has 0 saturated heterocycles. The van der Waals surface area contributed by atoms with Gasteiger partial charge in [0.25, 0.3) is 0 Å². The second kappa shape index (κ2) is 5.99. The van der Waals surface area contributed by atoms with Crippen molar-refractivity contribution in [3.8, 4) is 0 Å². The lowest BCUT2D eigenvalue weighted by Crippen LogP contribution is -2.64. The molecule has 0 unspecified atom stereocenters. The van der Waals surface area contributed by atoms with Gasteiger partial charge >= 0.3 is 0 Å². The molecule has 0 radical (unpaired) electrons. The first-order chi connectivity index (χ1) is 12.2. The van der Waals surface area contributed by atoms with Crippen molar-refractivity contribution in [1.82, 2.24) is 5.43 Å². The van der Waals surface area contributed by atoms with Crippen LogP contribution in [0.5, 0.6) is 0 Å². The molecule has 4 aliphatic rings. The summed E-state index contributed by atoms with van der Waals surface area (Å²) in [4.78, 5) is 0. The first kappa shape index (κ1) is 18.4. The van der Waals surface area contributed by atoms with E-state index in [4.69, 9.17) is 11.5 Å². The molecule has 0 aromatic heterocycles. The maximum atomic E-state index is 12.0. The number of hydrogen-bond donors (Lipinski definition) is 5. The van der Waals surface area contributed by atoms with E-state index in [9.17, 15) is 10.2 Å². The number of nitrogens with two attached hydrogens (primary N) is 2. The van der Waals surface area contributed by atoms with E-state index in [1.807, 2.05) is 0 Å². The van der Waals surface area contributed by atoms with Crippen LogP contribution in [0.3, 0.4) is 0 Å². The highest BCUT2D eigenvalue weighted by molar-refractivity contribution is 5.75. The highest BCUT2D eigenvalue weighted by atomic mass is 16.3. The highest BCUT2D eigenvalue weighted by Crippen LogP contribution is 2.67. The minimum Gasteiger partial charge on any atom is -0.393 e. The Morgan fingerprint density at radius 1 is 1.00 bits per heavy atom. The maximum absolute atomic E-state index is 12.0. The van der Waals surface area contributed by atoms with Crippen molar-refractivity contribution < 1.29 is 10.2 Å². The lowest BCUT2D eigenvalue weighted by Gasteiger charge is -2.63. The molecule has 0 spiro atoms. The second-order valence-electron chi connectivity index (χ2n) is 10.1. The van der Waals surface area contributed by atoms with Crippen molar-refractivity contribution in [2.45, 2.75) is 89.4 Å². The van der Waals surface area contributed by atoms with Crippen molar-refractivity contribution in [3.05, 3.63) is 0 Å². The van der Waals surface area contributed by atoms with Gasteiger partial charge in [-0.15, -0.1) is 5.10 Å². The van der Waals surface area contributed by atoms with Crippen LogP contribution >= 0.6 is 0 Å². The number of aliphatic hydroxyl groups is 2. The summed E-state index contributed by atoms with van der Waals surface area (Å²) in [5.41, 5.74) is 13.6. The molecular weight excluding hydrogens is 328 g/mol. The van der Waals surface area contributed by atoms with Gasteiger partial charge in [-0.3, -0.25) is 0 Å². The summed E-state index contributed by atoms with van der Waals surface area (Å²) in [7, 11) is 0. The number of nitrogens with zero attached hydrogens (tertiary/aromatic N) is 1. The minimum absolute atomic E-state index is 0.0477. The van der Waals surface area contributed by atoms with Gasteiger partial charge in [-0.2, -0.15) is 0 Å². The Balaban J connectivity index is 1.61. The van der Waals surface area contributed by atoms with Gasteiger partial charge in [-0.05, 0) is 81.0 Å². The van der Waals surface area contributed by atoms with E-state index in [1.54, 1.807) is 0 Å². The summed E-state index contributed by atoms with van der Waals surface area (Å²) >= 11 is 0. The number of nitrogens with one attached hydrogen (secondary N) is 1. The van der Waals surface area contributed by atoms with Gasteiger partial charge in [0, 0.05) is 5.41 Å². The van der Waals surface area contributed by atoms with Gasteiger partial charge in [0.15, 0.2) is 0 Å². The van der Waals surface area contributed by atoms with Gasteiger partial charge in [-0.25, -0.2) is 0 Å². The van der Waals surface area contributed by atoms with Crippen LogP contribution < -0.4 is 16.9 Å². The van der Waals surface area contributed by atoms with Crippen LogP contribution in [0, 0.1) is 28.6 Å². The summed E-state index contributed by atoms with van der Waals surface area (Å²) < 4.78 is 0. The van der Waals surface area contributed by atoms with Crippen LogP contribution in [0.25, 0.3) is 0 Å². The molecule has 8 atom stereocenters. The minimum atomic E-state index is -0.642. The van der Waals surface area contributed by atoms with E-state index in [0.717, 1.165) is 57.8 Å². The third-order valence-electron chi connectivity index (χ3n) is 9.17. The molecule has 26 heavy (non-hydrogen) atoms. The summed E-state index contributed by atoms with van der Waals surface area (Å²) in [5, 5.41) is 26.2. The molecule has 4 saturated carbocycles. The van der Waals surface area contributed by atoms with Crippen LogP contribution in [0.15, 0.2) is 5.10 Å². The van der Waals surface area contributed by atoms with E-state index in [0.29, 0.717) is 17.8 Å². The number of aliphatic hydroxyl groups excluding tert-OH is 1. The van der Waals surface area contributed by atoms with Crippen LogP contribution in [-0.2, 0) is 0 Å². The van der Waals surface area contributed by atoms with Crippen molar-refractivity contribution in [2.75, 3.05) is 0 Å². The molecule has 0 heterocycles. The number of fused-ring (bicyclic) bond motifs is 5. The Kier molecular flexibility index (Phi) is 4.23. The summed E-state index contributed by atoms with van der Waals surface area (Å²) in [6.45, 7) is 4.67. The summed E-state index contributed by atoms with van der Waals surface area (Å²) in [5.74, 6) is 1.57. The third-order valence-corrected chi connectivity index (χ3v) is 9.17. The SMILES string of the molecule is C[C@]12CC[C@H](O)C[C@H]1CC[C@@H]1[C@@H]2CC[C@]2(C)[C@@H](NN=C(N)N)CC[C@]12O. The number of rotatable bonds is 2. The molecule has 6 heteroatoms. The van der Waals surface area contributed by atoms with Gasteiger partial charge in [-0.1, -0.05) is 13.8 Å². The van der Waals surface area contributed by atoms with E-state index in [2.05, 4.69) is 24.4 Å². The fourth-order valence-electron chi connectivity index (χ4n) is 7.56. The Labute approximate surface area is 156 Å².